The lowest BCUT2D eigenvalue weighted by Crippen LogP contribution is -2.52. The second kappa shape index (κ2) is 6.34. The van der Waals surface area contributed by atoms with E-state index in [1.165, 1.54) is 0 Å². The third-order valence-corrected chi connectivity index (χ3v) is 3.88. The molecule has 20 heavy (non-hydrogen) atoms. The summed E-state index contributed by atoms with van der Waals surface area (Å²) in [5, 5.41) is 17.5. The summed E-state index contributed by atoms with van der Waals surface area (Å²) in [4.78, 5) is 11.8. The van der Waals surface area contributed by atoms with Gasteiger partial charge in [-0.25, -0.2) is 0 Å². The van der Waals surface area contributed by atoms with E-state index in [4.69, 9.17) is 5.41 Å². The Labute approximate surface area is 122 Å². The Hall–Kier alpha value is -2.14. The van der Waals surface area contributed by atoms with E-state index in [0.717, 1.165) is 17.4 Å². The quantitative estimate of drug-likeness (QED) is 0.448. The first kappa shape index (κ1) is 14.3. The van der Waals surface area contributed by atoms with Crippen LogP contribution >= 0.6 is 11.3 Å². The van der Waals surface area contributed by atoms with Gasteiger partial charge in [0.05, 0.1) is 0 Å². The fraction of sp³-hybridized carbons (Fsp3) is 0.200. The van der Waals surface area contributed by atoms with Crippen molar-refractivity contribution in [2.24, 2.45) is 0 Å². The normalized spacial score (nSPS) is 13.2. The van der Waals surface area contributed by atoms with Gasteiger partial charge in [0.1, 0.15) is 11.8 Å². The van der Waals surface area contributed by atoms with E-state index in [9.17, 15) is 4.79 Å². The minimum absolute atomic E-state index is 0.121. The highest BCUT2D eigenvalue weighted by Crippen LogP contribution is 2.25. The van der Waals surface area contributed by atoms with Crippen molar-refractivity contribution in [3.8, 4) is 0 Å². The number of nitrogens with one attached hydrogen (secondary N) is 3. The lowest BCUT2D eigenvalue weighted by atomic mass is 9.86. The zero-order valence-corrected chi connectivity index (χ0v) is 12.0. The fourth-order valence-corrected chi connectivity index (χ4v) is 2.76. The van der Waals surface area contributed by atoms with Crippen LogP contribution in [-0.4, -0.2) is 19.3 Å². The molecule has 0 spiro atoms. The lowest BCUT2D eigenvalue weighted by molar-refractivity contribution is -0.113. The maximum atomic E-state index is 11.8. The van der Waals surface area contributed by atoms with Gasteiger partial charge >= 0.3 is 0 Å². The Morgan fingerprint density at radius 1 is 1.35 bits per heavy atom. The van der Waals surface area contributed by atoms with E-state index in [0.29, 0.717) is 6.42 Å². The van der Waals surface area contributed by atoms with Crippen LogP contribution < -0.4 is 10.6 Å². The molecule has 0 bridgehead atoms. The molecule has 0 radical (unpaired) electrons. The number of carbonyl (C=O) groups excluding carboxylic acids is 1. The van der Waals surface area contributed by atoms with E-state index in [1.54, 1.807) is 18.4 Å². The molecule has 1 unspecified atom stereocenters. The summed E-state index contributed by atoms with van der Waals surface area (Å²) in [5.41, 5.74) is 0.992. The van der Waals surface area contributed by atoms with Gasteiger partial charge in [0.25, 0.3) is 0 Å². The van der Waals surface area contributed by atoms with Gasteiger partial charge in [-0.05, 0) is 28.0 Å². The van der Waals surface area contributed by atoms with Crippen LogP contribution in [-0.2, 0) is 16.8 Å². The zero-order valence-electron chi connectivity index (χ0n) is 11.2. The highest BCUT2D eigenvalue weighted by Gasteiger charge is 2.33. The third kappa shape index (κ3) is 3.05. The molecule has 4 nitrogen and oxygen atoms in total. The molecule has 0 saturated heterocycles. The molecule has 0 aliphatic carbocycles. The molecule has 5 heteroatoms. The van der Waals surface area contributed by atoms with Crippen LogP contribution in [0.1, 0.15) is 11.1 Å². The Bertz CT molecular complexity index is 568. The molecule has 0 saturated carbocycles. The fourth-order valence-electron chi connectivity index (χ4n) is 2.09. The Morgan fingerprint density at radius 2 is 2.10 bits per heavy atom. The van der Waals surface area contributed by atoms with Gasteiger partial charge in [-0.1, -0.05) is 30.3 Å². The van der Waals surface area contributed by atoms with Crippen molar-refractivity contribution in [1.29, 1.82) is 5.41 Å². The zero-order chi connectivity index (χ0) is 14.4. The summed E-state index contributed by atoms with van der Waals surface area (Å²) in [6, 6.07) is 11.5. The van der Waals surface area contributed by atoms with E-state index in [2.05, 4.69) is 10.6 Å². The maximum Gasteiger partial charge on any atom is 0.189 e. The third-order valence-electron chi connectivity index (χ3n) is 3.15. The highest BCUT2D eigenvalue weighted by atomic mass is 32.1. The van der Waals surface area contributed by atoms with Crippen LogP contribution in [0.2, 0.25) is 0 Å². The minimum Gasteiger partial charge on any atom is -0.360 e. The van der Waals surface area contributed by atoms with Crippen molar-refractivity contribution < 1.29 is 4.79 Å². The van der Waals surface area contributed by atoms with Crippen molar-refractivity contribution >= 4 is 23.6 Å². The smallest absolute Gasteiger partial charge is 0.189 e. The summed E-state index contributed by atoms with van der Waals surface area (Å²) in [6.07, 6.45) is 1.39. The van der Waals surface area contributed by atoms with Gasteiger partial charge in [-0.15, -0.1) is 0 Å². The molecule has 104 valence electrons. The Morgan fingerprint density at radius 3 is 2.65 bits per heavy atom. The number of aldehydes is 1. The minimum atomic E-state index is -0.928. The second-order valence-corrected chi connectivity index (χ2v) is 5.29. The van der Waals surface area contributed by atoms with Crippen molar-refractivity contribution in [3.05, 3.63) is 58.3 Å². The average molecular weight is 287 g/mol. The number of benzene rings is 1. The first-order chi connectivity index (χ1) is 9.70. The van der Waals surface area contributed by atoms with Gasteiger partial charge in [-0.3, -0.25) is 5.41 Å². The van der Waals surface area contributed by atoms with Crippen LogP contribution in [0.4, 0.5) is 0 Å². The van der Waals surface area contributed by atoms with Crippen LogP contribution in [0.15, 0.2) is 47.2 Å². The molecule has 2 aromatic rings. The van der Waals surface area contributed by atoms with E-state index in [1.807, 2.05) is 47.2 Å². The maximum absolute atomic E-state index is 11.8. The molecule has 0 aliphatic heterocycles. The summed E-state index contributed by atoms with van der Waals surface area (Å²) in [7, 11) is 1.65. The second-order valence-electron chi connectivity index (χ2n) is 4.51. The van der Waals surface area contributed by atoms with Gasteiger partial charge in [0.2, 0.25) is 0 Å². The molecule has 2 rings (SSSR count). The van der Waals surface area contributed by atoms with Gasteiger partial charge in [0.15, 0.2) is 5.96 Å². The van der Waals surface area contributed by atoms with E-state index >= 15 is 0 Å². The van der Waals surface area contributed by atoms with Crippen molar-refractivity contribution in [1.82, 2.24) is 10.6 Å². The monoisotopic (exact) mass is 287 g/mol. The summed E-state index contributed by atoms with van der Waals surface area (Å²) in [5.74, 6) is 0.121. The number of hydrogen-bond donors (Lipinski definition) is 3. The molecule has 0 fully saturated rings. The number of rotatable bonds is 5. The van der Waals surface area contributed by atoms with E-state index < -0.39 is 5.54 Å². The first-order valence-corrected chi connectivity index (χ1v) is 7.22. The SMILES string of the molecule is CNC(=N)NC(C=O)(Cc1ccsc1)c1ccccc1. The molecule has 1 heterocycles. The highest BCUT2D eigenvalue weighted by molar-refractivity contribution is 7.07. The number of hydrogen-bond acceptors (Lipinski definition) is 3. The number of thiophene rings is 1. The molecule has 1 aromatic carbocycles. The van der Waals surface area contributed by atoms with Crippen molar-refractivity contribution in [2.45, 2.75) is 12.0 Å². The van der Waals surface area contributed by atoms with Crippen molar-refractivity contribution in [2.75, 3.05) is 7.05 Å². The standard InChI is InChI=1S/C15H17N3OS/c1-17-14(16)18-15(11-19,9-12-7-8-20-10-12)13-5-3-2-4-6-13/h2-8,10-11H,9H2,1H3,(H3,16,17,18). The first-order valence-electron chi connectivity index (χ1n) is 6.27. The van der Waals surface area contributed by atoms with Crippen LogP contribution in [0.25, 0.3) is 0 Å². The average Bonchev–Trinajstić information content (AvgIpc) is 3.00. The molecule has 0 aliphatic rings. The number of carbonyl (C=O) groups is 1. The summed E-state index contributed by atoms with van der Waals surface area (Å²) < 4.78 is 0. The Kier molecular flexibility index (Phi) is 4.53. The summed E-state index contributed by atoms with van der Waals surface area (Å²) >= 11 is 1.60. The predicted molar refractivity (Wildman–Crippen MR) is 82.1 cm³/mol. The molecular weight excluding hydrogens is 270 g/mol. The largest absolute Gasteiger partial charge is 0.360 e. The summed E-state index contributed by atoms with van der Waals surface area (Å²) in [6.45, 7) is 0. The van der Waals surface area contributed by atoms with E-state index in [-0.39, 0.29) is 5.96 Å². The number of guanidine groups is 1. The molecular formula is C15H17N3OS. The van der Waals surface area contributed by atoms with Crippen LogP contribution in [0, 0.1) is 5.41 Å². The van der Waals surface area contributed by atoms with Gasteiger partial charge in [-0.2, -0.15) is 11.3 Å². The molecule has 3 N–H and O–H groups in total. The van der Waals surface area contributed by atoms with Crippen LogP contribution in [0.5, 0.6) is 0 Å². The lowest BCUT2D eigenvalue weighted by Gasteiger charge is -2.30. The molecule has 1 atom stereocenters. The van der Waals surface area contributed by atoms with Gasteiger partial charge in [0, 0.05) is 13.5 Å². The predicted octanol–water partition coefficient (Wildman–Crippen LogP) is 2.13. The molecule has 1 aromatic heterocycles. The topological polar surface area (TPSA) is 65.0 Å². The van der Waals surface area contributed by atoms with Crippen molar-refractivity contribution in [3.63, 3.8) is 0 Å². The Balaban J connectivity index is 2.40. The molecule has 0 amide bonds. The van der Waals surface area contributed by atoms with Gasteiger partial charge < -0.3 is 15.4 Å². The van der Waals surface area contributed by atoms with Crippen LogP contribution in [0.3, 0.4) is 0 Å².